The van der Waals surface area contributed by atoms with Gasteiger partial charge < -0.3 is 4.90 Å². The fraction of sp³-hybridized carbons (Fsp3) is 0.286. The van der Waals surface area contributed by atoms with Crippen LogP contribution >= 0.6 is 22.9 Å². The summed E-state index contributed by atoms with van der Waals surface area (Å²) >= 11 is 8.09. The summed E-state index contributed by atoms with van der Waals surface area (Å²) < 4.78 is 0. The van der Waals surface area contributed by atoms with E-state index in [0.29, 0.717) is 5.28 Å². The van der Waals surface area contributed by atoms with Crippen LogP contribution in [0.1, 0.15) is 22.9 Å². The van der Waals surface area contributed by atoms with Crippen molar-refractivity contribution in [1.82, 2.24) is 14.9 Å². The number of hydrogen-bond acceptors (Lipinski definition) is 5. The second-order valence-electron chi connectivity index (χ2n) is 8.68. The van der Waals surface area contributed by atoms with Crippen LogP contribution in [0.5, 0.6) is 0 Å². The van der Waals surface area contributed by atoms with Crippen LogP contribution in [0.15, 0.2) is 60.7 Å². The van der Waals surface area contributed by atoms with Crippen LogP contribution in [-0.4, -0.2) is 47.6 Å². The lowest BCUT2D eigenvalue weighted by molar-refractivity contribution is 0.284. The summed E-state index contributed by atoms with van der Waals surface area (Å²) in [6, 6.07) is 19.4. The highest BCUT2D eigenvalue weighted by molar-refractivity contribution is 7.19. The minimum Gasteiger partial charge on any atom is -0.353 e. The highest BCUT2D eigenvalue weighted by atomic mass is 35.5. The van der Waals surface area contributed by atoms with Gasteiger partial charge in [-0.2, -0.15) is 4.98 Å². The Labute approximate surface area is 210 Å². The number of aromatic nitrogens is 2. The number of halogens is 1. The van der Waals surface area contributed by atoms with Crippen molar-refractivity contribution < 1.29 is 0 Å². The van der Waals surface area contributed by atoms with Crippen LogP contribution in [0.2, 0.25) is 5.28 Å². The number of thiophene rings is 1. The average Bonchev–Trinajstić information content (AvgIpc) is 3.20. The molecule has 4 nitrogen and oxygen atoms in total. The third kappa shape index (κ3) is 4.88. The molecule has 0 atom stereocenters. The fourth-order valence-corrected chi connectivity index (χ4v) is 5.85. The van der Waals surface area contributed by atoms with E-state index in [4.69, 9.17) is 16.6 Å². The number of anilines is 1. The molecule has 1 saturated heterocycles. The summed E-state index contributed by atoms with van der Waals surface area (Å²) in [5.74, 6) is 0.966. The molecule has 6 heteroatoms. The Morgan fingerprint density at radius 1 is 0.971 bits per heavy atom. The van der Waals surface area contributed by atoms with Gasteiger partial charge in [0.25, 0.3) is 0 Å². The molecule has 0 saturated carbocycles. The van der Waals surface area contributed by atoms with Crippen molar-refractivity contribution in [3.8, 4) is 11.1 Å². The maximum Gasteiger partial charge on any atom is 0.225 e. The van der Waals surface area contributed by atoms with E-state index in [9.17, 15) is 0 Å². The van der Waals surface area contributed by atoms with Crippen molar-refractivity contribution >= 4 is 45.0 Å². The molecule has 2 aromatic carbocycles. The van der Waals surface area contributed by atoms with Gasteiger partial charge in [-0.05, 0) is 41.6 Å². The number of hydrogen-bond donors (Lipinski definition) is 0. The number of nitrogens with zero attached hydrogens (tertiary/aromatic N) is 4. The highest BCUT2D eigenvalue weighted by Crippen LogP contribution is 2.42. The van der Waals surface area contributed by atoms with E-state index in [1.54, 1.807) is 11.3 Å². The number of rotatable bonds is 6. The molecule has 5 rings (SSSR count). The Hall–Kier alpha value is -2.73. The number of benzene rings is 2. The maximum absolute atomic E-state index is 6.38. The molecule has 174 valence electrons. The van der Waals surface area contributed by atoms with Crippen LogP contribution < -0.4 is 4.90 Å². The SMILES string of the molecule is CCc1ccc(-c2c(C)sc3nc(Cl)nc(N4CCN(C/C=C/c5ccccc5)CC4)c23)cc1. The van der Waals surface area contributed by atoms with Gasteiger partial charge in [0.2, 0.25) is 5.28 Å². The van der Waals surface area contributed by atoms with E-state index < -0.39 is 0 Å². The Balaban J connectivity index is 1.38. The van der Waals surface area contributed by atoms with Crippen LogP contribution in [-0.2, 0) is 6.42 Å². The summed E-state index contributed by atoms with van der Waals surface area (Å²) in [5.41, 5.74) is 5.05. The van der Waals surface area contributed by atoms with Gasteiger partial charge in [0.1, 0.15) is 10.6 Å². The molecule has 1 aliphatic rings. The zero-order chi connectivity index (χ0) is 23.5. The normalized spacial score (nSPS) is 15.0. The standard InChI is InChI=1S/C28H29ClN4S/c1-3-21-11-13-23(14-12-21)24-20(2)34-27-25(24)26(30-28(29)31-27)33-18-16-32(17-19-33)15-7-10-22-8-5-4-6-9-22/h4-14H,3,15-19H2,1-2H3/b10-7+. The minimum absolute atomic E-state index is 0.324. The number of piperazine rings is 1. The molecule has 1 fully saturated rings. The Morgan fingerprint density at radius 2 is 1.71 bits per heavy atom. The molecule has 0 N–H and O–H groups in total. The van der Waals surface area contributed by atoms with Crippen LogP contribution in [0.4, 0.5) is 5.82 Å². The van der Waals surface area contributed by atoms with Crippen LogP contribution in [0, 0.1) is 6.92 Å². The van der Waals surface area contributed by atoms with Crippen molar-refractivity contribution in [1.29, 1.82) is 0 Å². The second kappa shape index (κ2) is 10.3. The molecule has 4 aromatic rings. The molecular weight excluding hydrogens is 460 g/mol. The zero-order valence-electron chi connectivity index (χ0n) is 19.7. The lowest BCUT2D eigenvalue weighted by atomic mass is 10.0. The van der Waals surface area contributed by atoms with Gasteiger partial charge in [-0.15, -0.1) is 11.3 Å². The molecule has 0 spiro atoms. The molecule has 0 aliphatic carbocycles. The first-order valence-electron chi connectivity index (χ1n) is 11.9. The van der Waals surface area contributed by atoms with E-state index in [2.05, 4.69) is 89.3 Å². The summed E-state index contributed by atoms with van der Waals surface area (Å²) in [7, 11) is 0. The van der Waals surface area contributed by atoms with E-state index in [0.717, 1.165) is 55.2 Å². The maximum atomic E-state index is 6.38. The molecule has 0 radical (unpaired) electrons. The molecule has 2 aromatic heterocycles. The highest BCUT2D eigenvalue weighted by Gasteiger charge is 2.24. The zero-order valence-corrected chi connectivity index (χ0v) is 21.2. The summed E-state index contributed by atoms with van der Waals surface area (Å²) in [6.45, 7) is 9.14. The van der Waals surface area contributed by atoms with Crippen molar-refractivity contribution in [2.24, 2.45) is 0 Å². The van der Waals surface area contributed by atoms with E-state index in [1.165, 1.54) is 27.1 Å². The summed E-state index contributed by atoms with van der Waals surface area (Å²) in [6.07, 6.45) is 5.49. The average molecular weight is 489 g/mol. The quantitative estimate of drug-likeness (QED) is 0.282. The van der Waals surface area contributed by atoms with Crippen molar-refractivity contribution in [2.75, 3.05) is 37.6 Å². The minimum atomic E-state index is 0.324. The predicted octanol–water partition coefficient (Wildman–Crippen LogP) is 6.72. The Bertz CT molecular complexity index is 1290. The van der Waals surface area contributed by atoms with E-state index in [1.807, 2.05) is 6.07 Å². The molecule has 1 aliphatic heterocycles. The monoisotopic (exact) mass is 488 g/mol. The first-order valence-corrected chi connectivity index (χ1v) is 13.1. The van der Waals surface area contributed by atoms with Crippen molar-refractivity contribution in [2.45, 2.75) is 20.3 Å². The van der Waals surface area contributed by atoms with Gasteiger partial charge in [-0.3, -0.25) is 4.90 Å². The Kier molecular flexibility index (Phi) is 6.95. The van der Waals surface area contributed by atoms with Crippen molar-refractivity contribution in [3.63, 3.8) is 0 Å². The molecule has 0 bridgehead atoms. The molecule has 0 amide bonds. The van der Waals surface area contributed by atoms with Crippen molar-refractivity contribution in [3.05, 3.63) is 82.0 Å². The topological polar surface area (TPSA) is 32.3 Å². The summed E-state index contributed by atoms with van der Waals surface area (Å²) in [4.78, 5) is 16.4. The number of aryl methyl sites for hydroxylation is 2. The van der Waals surface area contributed by atoms with Gasteiger partial charge in [0, 0.05) is 43.2 Å². The largest absolute Gasteiger partial charge is 0.353 e. The lowest BCUT2D eigenvalue weighted by Crippen LogP contribution is -2.46. The second-order valence-corrected chi connectivity index (χ2v) is 10.2. The number of fused-ring (bicyclic) bond motifs is 1. The third-order valence-electron chi connectivity index (χ3n) is 6.48. The van der Waals surface area contributed by atoms with Crippen LogP contribution in [0.25, 0.3) is 27.4 Å². The fourth-order valence-electron chi connectivity index (χ4n) is 4.60. The molecule has 34 heavy (non-hydrogen) atoms. The molecular formula is C28H29ClN4S. The van der Waals surface area contributed by atoms with Gasteiger partial charge >= 0.3 is 0 Å². The molecule has 3 heterocycles. The Morgan fingerprint density at radius 3 is 2.41 bits per heavy atom. The van der Waals surface area contributed by atoms with E-state index >= 15 is 0 Å². The van der Waals surface area contributed by atoms with Gasteiger partial charge in [0.05, 0.1) is 5.39 Å². The third-order valence-corrected chi connectivity index (χ3v) is 7.65. The van der Waals surface area contributed by atoms with Crippen LogP contribution in [0.3, 0.4) is 0 Å². The molecule has 0 unspecified atom stereocenters. The van der Waals surface area contributed by atoms with Gasteiger partial charge in [-0.25, -0.2) is 4.98 Å². The first kappa shape index (κ1) is 23.0. The smallest absolute Gasteiger partial charge is 0.225 e. The summed E-state index contributed by atoms with van der Waals surface area (Å²) in [5, 5.41) is 1.46. The van der Waals surface area contributed by atoms with Gasteiger partial charge in [0.15, 0.2) is 0 Å². The lowest BCUT2D eigenvalue weighted by Gasteiger charge is -2.35. The van der Waals surface area contributed by atoms with E-state index in [-0.39, 0.29) is 0 Å². The first-order chi connectivity index (χ1) is 16.6. The predicted molar refractivity (Wildman–Crippen MR) is 146 cm³/mol. The van der Waals surface area contributed by atoms with Gasteiger partial charge in [-0.1, -0.05) is 73.7 Å².